The summed E-state index contributed by atoms with van der Waals surface area (Å²) in [6.45, 7) is 3.74. The molecule has 5 heteroatoms. The van der Waals surface area contributed by atoms with Gasteiger partial charge in [0.25, 0.3) is 0 Å². The van der Waals surface area contributed by atoms with Crippen LogP contribution in [0.2, 0.25) is 0 Å². The van der Waals surface area contributed by atoms with Gasteiger partial charge in [0.2, 0.25) is 0 Å². The van der Waals surface area contributed by atoms with Crippen LogP contribution in [0.1, 0.15) is 13.8 Å². The van der Waals surface area contributed by atoms with Crippen molar-refractivity contribution in [2.75, 3.05) is 14.1 Å². The van der Waals surface area contributed by atoms with Crippen LogP contribution in [0.15, 0.2) is 4.99 Å². The van der Waals surface area contributed by atoms with Gasteiger partial charge in [-0.2, -0.15) is 0 Å². The lowest BCUT2D eigenvalue weighted by atomic mass is 10.4. The highest BCUT2D eigenvalue weighted by molar-refractivity contribution is 5.71. The van der Waals surface area contributed by atoms with E-state index in [2.05, 4.69) is 4.99 Å². The van der Waals surface area contributed by atoms with Crippen molar-refractivity contribution >= 4 is 5.96 Å². The second kappa shape index (κ2) is 3.90. The Morgan fingerprint density at radius 2 is 2.09 bits per heavy atom. The lowest BCUT2D eigenvalue weighted by Gasteiger charge is -2.16. The normalized spacial score (nSPS) is 11.9. The van der Waals surface area contributed by atoms with Gasteiger partial charge in [0.1, 0.15) is 0 Å². The number of rotatable bonds is 1. The first-order valence-corrected chi connectivity index (χ1v) is 3.34. The maximum absolute atomic E-state index is 10.3. The van der Waals surface area contributed by atoms with Gasteiger partial charge in [-0.05, 0) is 18.8 Å². The second-order valence-corrected chi connectivity index (χ2v) is 2.49. The van der Waals surface area contributed by atoms with E-state index in [4.69, 9.17) is 0 Å². The largest absolute Gasteiger partial charge is 0.424 e. The molecule has 0 saturated carbocycles. The van der Waals surface area contributed by atoms with E-state index >= 15 is 0 Å². The van der Waals surface area contributed by atoms with Crippen LogP contribution in [-0.4, -0.2) is 35.9 Å². The maximum Gasteiger partial charge on any atom is 0.424 e. The van der Waals surface area contributed by atoms with Crippen LogP contribution in [0.4, 0.5) is 0 Å². The summed E-state index contributed by atoms with van der Waals surface area (Å²) in [5.74, 6) is -0.0972. The summed E-state index contributed by atoms with van der Waals surface area (Å²) in [6.07, 6.45) is 0. The summed E-state index contributed by atoms with van der Waals surface area (Å²) in [5.41, 5.74) is 0. The van der Waals surface area contributed by atoms with E-state index in [1.165, 1.54) is 11.9 Å². The van der Waals surface area contributed by atoms with E-state index < -0.39 is 4.92 Å². The average molecular weight is 159 g/mol. The number of hydrogen-bond donors (Lipinski definition) is 0. The van der Waals surface area contributed by atoms with E-state index in [1.54, 1.807) is 7.05 Å². The zero-order valence-corrected chi connectivity index (χ0v) is 7.24. The fourth-order valence-electron chi connectivity index (χ4n) is 0.599. The quantitative estimate of drug-likeness (QED) is 0.243. The molecule has 0 aliphatic rings. The summed E-state index contributed by atoms with van der Waals surface area (Å²) < 4.78 is 0. The zero-order valence-electron chi connectivity index (χ0n) is 7.24. The summed E-state index contributed by atoms with van der Waals surface area (Å²) in [6, 6.07) is 0.0964. The number of nitro groups is 1. The van der Waals surface area contributed by atoms with Gasteiger partial charge in [-0.3, -0.25) is 4.90 Å². The maximum atomic E-state index is 10.3. The molecule has 0 aromatic carbocycles. The third-order valence-corrected chi connectivity index (χ3v) is 1.45. The first kappa shape index (κ1) is 9.87. The van der Waals surface area contributed by atoms with Crippen molar-refractivity contribution in [3.05, 3.63) is 10.1 Å². The number of hydrogen-bond acceptors (Lipinski definition) is 3. The molecule has 11 heavy (non-hydrogen) atoms. The van der Waals surface area contributed by atoms with Gasteiger partial charge >= 0.3 is 5.96 Å². The fourth-order valence-corrected chi connectivity index (χ4v) is 0.599. The van der Waals surface area contributed by atoms with Gasteiger partial charge in [0, 0.05) is 0 Å². The smallest absolute Gasteiger partial charge is 0.390 e. The molecule has 5 nitrogen and oxygen atoms in total. The highest BCUT2D eigenvalue weighted by Gasteiger charge is 2.19. The van der Waals surface area contributed by atoms with Crippen molar-refractivity contribution in [1.29, 1.82) is 0 Å². The van der Waals surface area contributed by atoms with Crippen LogP contribution in [0, 0.1) is 10.1 Å². The van der Waals surface area contributed by atoms with E-state index in [0.29, 0.717) is 0 Å². The predicted molar refractivity (Wildman–Crippen MR) is 43.3 cm³/mol. The molecule has 0 unspecified atom stereocenters. The first-order chi connectivity index (χ1) is 5.00. The molecular weight excluding hydrogens is 146 g/mol. The van der Waals surface area contributed by atoms with Crippen molar-refractivity contribution in [2.24, 2.45) is 4.99 Å². The van der Waals surface area contributed by atoms with E-state index in [9.17, 15) is 10.1 Å². The van der Waals surface area contributed by atoms with Crippen LogP contribution in [0.25, 0.3) is 0 Å². The van der Waals surface area contributed by atoms with Gasteiger partial charge in [0.15, 0.2) is 0 Å². The highest BCUT2D eigenvalue weighted by Crippen LogP contribution is 1.96. The van der Waals surface area contributed by atoms with E-state index in [0.717, 1.165) is 0 Å². The topological polar surface area (TPSA) is 58.7 Å². The highest BCUT2D eigenvalue weighted by atomic mass is 16.6. The van der Waals surface area contributed by atoms with Crippen molar-refractivity contribution < 1.29 is 4.92 Å². The molecule has 0 spiro atoms. The van der Waals surface area contributed by atoms with E-state index in [1.807, 2.05) is 13.8 Å². The summed E-state index contributed by atoms with van der Waals surface area (Å²) >= 11 is 0. The minimum atomic E-state index is -0.486. The van der Waals surface area contributed by atoms with Crippen LogP contribution in [0.3, 0.4) is 0 Å². The number of aliphatic imine (C=N–C) groups is 1. The Bertz CT molecular complexity index is 177. The number of nitrogens with zero attached hydrogens (tertiary/aromatic N) is 3. The fraction of sp³-hybridized carbons (Fsp3) is 0.833. The average Bonchev–Trinajstić information content (AvgIpc) is 1.88. The molecule has 0 aliphatic heterocycles. The van der Waals surface area contributed by atoms with Gasteiger partial charge in [0.05, 0.1) is 20.1 Å². The molecular formula is C6H13N3O2. The Hall–Kier alpha value is -1.13. The number of guanidine groups is 1. The minimum Gasteiger partial charge on any atom is -0.390 e. The van der Waals surface area contributed by atoms with Gasteiger partial charge in [-0.15, -0.1) is 4.99 Å². The lowest BCUT2D eigenvalue weighted by Crippen LogP contribution is -2.37. The molecule has 0 amide bonds. The van der Waals surface area contributed by atoms with Crippen LogP contribution in [0.5, 0.6) is 0 Å². The predicted octanol–water partition coefficient (Wildman–Crippen LogP) is 0.589. The van der Waals surface area contributed by atoms with Gasteiger partial charge < -0.3 is 10.1 Å². The molecule has 0 aromatic heterocycles. The van der Waals surface area contributed by atoms with Gasteiger partial charge in [-0.1, -0.05) is 0 Å². The molecule has 0 bridgehead atoms. The molecule has 0 aliphatic carbocycles. The van der Waals surface area contributed by atoms with Crippen LogP contribution < -0.4 is 0 Å². The summed E-state index contributed by atoms with van der Waals surface area (Å²) in [7, 11) is 3.06. The summed E-state index contributed by atoms with van der Waals surface area (Å²) in [4.78, 5) is 14.9. The Morgan fingerprint density at radius 3 is 2.18 bits per heavy atom. The Morgan fingerprint density at radius 1 is 1.64 bits per heavy atom. The van der Waals surface area contributed by atoms with Gasteiger partial charge in [-0.25, -0.2) is 0 Å². The van der Waals surface area contributed by atoms with Crippen LogP contribution in [-0.2, 0) is 0 Å². The first-order valence-electron chi connectivity index (χ1n) is 3.34. The Labute approximate surface area is 65.9 Å². The summed E-state index contributed by atoms with van der Waals surface area (Å²) in [5, 5.41) is 10.3. The molecule has 64 valence electrons. The lowest BCUT2D eigenvalue weighted by molar-refractivity contribution is -0.364. The Kier molecular flexibility index (Phi) is 3.50. The molecule has 0 aromatic rings. The standard InChI is InChI=1S/C6H13N3O2/c1-5(2)8(4)6(7-3)9(10)11/h5H,1-4H3/b7-6+. The van der Waals surface area contributed by atoms with Crippen molar-refractivity contribution in [2.45, 2.75) is 19.9 Å². The molecule has 0 fully saturated rings. The zero-order chi connectivity index (χ0) is 9.02. The second-order valence-electron chi connectivity index (χ2n) is 2.49. The van der Waals surface area contributed by atoms with Crippen LogP contribution >= 0.6 is 0 Å². The minimum absolute atomic E-state index is 0.0964. The molecule has 0 atom stereocenters. The van der Waals surface area contributed by atoms with Crippen molar-refractivity contribution in [1.82, 2.24) is 4.90 Å². The third-order valence-electron chi connectivity index (χ3n) is 1.45. The molecule has 0 N–H and O–H groups in total. The van der Waals surface area contributed by atoms with Crippen molar-refractivity contribution in [3.8, 4) is 0 Å². The monoisotopic (exact) mass is 159 g/mol. The molecule has 0 heterocycles. The molecule has 0 saturated heterocycles. The van der Waals surface area contributed by atoms with E-state index in [-0.39, 0.29) is 12.0 Å². The SMILES string of the molecule is C/N=C(\N(C)C(C)C)[N+](=O)[O-]. The third kappa shape index (κ3) is 2.53. The molecule has 0 rings (SSSR count). The Balaban J connectivity index is 4.41. The van der Waals surface area contributed by atoms with Crippen molar-refractivity contribution in [3.63, 3.8) is 0 Å². The molecule has 0 radical (unpaired) electrons.